The number of nitro benzene ring substituents is 1. The molecule has 2 aromatic rings. The topological polar surface area (TPSA) is 63.4 Å². The van der Waals surface area contributed by atoms with Gasteiger partial charge in [-0.25, -0.2) is 0 Å². The molecule has 1 aromatic carbocycles. The number of non-ortho nitro benzene ring substituents is 1. The van der Waals surface area contributed by atoms with Crippen LogP contribution in [0.4, 0.5) is 5.69 Å². The molecule has 20 heavy (non-hydrogen) atoms. The van der Waals surface area contributed by atoms with Crippen molar-refractivity contribution in [2.45, 2.75) is 10.6 Å². The average molecular weight is 305 g/mol. The molecule has 4 nitrogen and oxygen atoms in total. The molecule has 0 saturated carbocycles. The Labute approximate surface area is 124 Å². The lowest BCUT2D eigenvalue weighted by atomic mass is 10.3. The highest BCUT2D eigenvalue weighted by molar-refractivity contribution is 7.98. The Hall–Kier alpha value is -1.81. The van der Waals surface area contributed by atoms with Crippen molar-refractivity contribution in [3.8, 4) is 11.8 Å². The minimum Gasteiger partial charge on any atom is -0.384 e. The van der Waals surface area contributed by atoms with Gasteiger partial charge in [0.2, 0.25) is 0 Å². The summed E-state index contributed by atoms with van der Waals surface area (Å²) in [6.07, 6.45) is 0. The lowest BCUT2D eigenvalue weighted by Gasteiger charge is -1.99. The molecule has 2 rings (SSSR count). The van der Waals surface area contributed by atoms with Crippen molar-refractivity contribution >= 4 is 28.8 Å². The zero-order valence-corrected chi connectivity index (χ0v) is 12.0. The number of hydrogen-bond donors (Lipinski definition) is 1. The first-order chi connectivity index (χ1) is 9.69. The molecule has 0 spiro atoms. The summed E-state index contributed by atoms with van der Waals surface area (Å²) in [4.78, 5) is 13.2. The first-order valence-electron chi connectivity index (χ1n) is 5.75. The van der Waals surface area contributed by atoms with E-state index < -0.39 is 4.92 Å². The van der Waals surface area contributed by atoms with Crippen LogP contribution in [-0.4, -0.2) is 16.6 Å². The number of thioether (sulfide) groups is 1. The summed E-state index contributed by atoms with van der Waals surface area (Å²) in [5, 5.41) is 19.2. The summed E-state index contributed by atoms with van der Waals surface area (Å²) < 4.78 is 0. The molecular formula is C14H11NO3S2. The number of benzene rings is 1. The number of rotatable bonds is 4. The quantitative estimate of drug-likeness (QED) is 0.407. The SMILES string of the molecule is O=[N+]([O-])c1ccc(SCc2ccc(C#CCO)s2)cc1. The standard InChI is InChI=1S/C14H11NO3S2/c16-9-1-2-13-7-8-14(20-13)10-19-12-5-3-11(4-6-12)15(17)18/h3-8,16H,9-10H2. The van der Waals surface area contributed by atoms with Crippen LogP contribution in [-0.2, 0) is 5.75 Å². The monoisotopic (exact) mass is 305 g/mol. The number of thiophene rings is 1. The normalized spacial score (nSPS) is 9.85. The molecule has 0 radical (unpaired) electrons. The van der Waals surface area contributed by atoms with Gasteiger partial charge in [-0.1, -0.05) is 11.8 Å². The fourth-order valence-electron chi connectivity index (χ4n) is 1.47. The summed E-state index contributed by atoms with van der Waals surface area (Å²) in [6.45, 7) is -0.134. The molecule has 0 atom stereocenters. The Balaban J connectivity index is 1.94. The van der Waals surface area contributed by atoms with Crippen molar-refractivity contribution in [3.05, 3.63) is 56.3 Å². The van der Waals surface area contributed by atoms with Crippen molar-refractivity contribution in [2.24, 2.45) is 0 Å². The minimum absolute atomic E-state index is 0.104. The number of aliphatic hydroxyl groups is 1. The third kappa shape index (κ3) is 4.10. The number of aliphatic hydroxyl groups excluding tert-OH is 1. The zero-order valence-electron chi connectivity index (χ0n) is 10.4. The van der Waals surface area contributed by atoms with Crippen LogP contribution in [0.2, 0.25) is 0 Å². The van der Waals surface area contributed by atoms with Crippen LogP contribution >= 0.6 is 23.1 Å². The van der Waals surface area contributed by atoms with E-state index in [0.717, 1.165) is 15.5 Å². The summed E-state index contributed by atoms with van der Waals surface area (Å²) in [5.74, 6) is 6.28. The van der Waals surface area contributed by atoms with Gasteiger partial charge in [-0.3, -0.25) is 10.1 Å². The maximum atomic E-state index is 10.6. The van der Waals surface area contributed by atoms with Crippen molar-refractivity contribution in [2.75, 3.05) is 6.61 Å². The average Bonchev–Trinajstić information content (AvgIpc) is 2.91. The summed E-state index contributed by atoms with van der Waals surface area (Å²) >= 11 is 3.21. The lowest BCUT2D eigenvalue weighted by Crippen LogP contribution is -1.86. The first kappa shape index (κ1) is 14.6. The second kappa shape index (κ2) is 7.10. The van der Waals surface area contributed by atoms with Crippen LogP contribution in [0, 0.1) is 22.0 Å². The molecule has 0 aliphatic carbocycles. The molecule has 0 aliphatic rings. The third-order valence-corrected chi connectivity index (χ3v) is 4.63. The van der Waals surface area contributed by atoms with Crippen LogP contribution in [0.25, 0.3) is 0 Å². The molecule has 1 aromatic heterocycles. The Morgan fingerprint density at radius 2 is 2.00 bits per heavy atom. The summed E-state index contributed by atoms with van der Waals surface area (Å²) in [5.41, 5.74) is 0.104. The molecule has 0 bridgehead atoms. The highest BCUT2D eigenvalue weighted by Crippen LogP contribution is 2.27. The molecule has 0 amide bonds. The maximum absolute atomic E-state index is 10.6. The van der Waals surface area contributed by atoms with Crippen molar-refractivity contribution in [3.63, 3.8) is 0 Å². The van der Waals surface area contributed by atoms with Crippen molar-refractivity contribution < 1.29 is 10.0 Å². The Morgan fingerprint density at radius 1 is 1.25 bits per heavy atom. The van der Waals surface area contributed by atoms with Crippen LogP contribution in [0.1, 0.15) is 9.75 Å². The first-order valence-corrected chi connectivity index (χ1v) is 7.55. The second-order valence-electron chi connectivity index (χ2n) is 3.77. The van der Waals surface area contributed by atoms with Gasteiger partial charge in [-0.05, 0) is 24.3 Å². The molecule has 1 heterocycles. The molecule has 6 heteroatoms. The van der Waals surface area contributed by atoms with E-state index in [1.54, 1.807) is 35.2 Å². The zero-order chi connectivity index (χ0) is 14.4. The van der Waals surface area contributed by atoms with E-state index >= 15 is 0 Å². The fourth-order valence-corrected chi connectivity index (χ4v) is 3.29. The van der Waals surface area contributed by atoms with Crippen LogP contribution < -0.4 is 0 Å². The molecule has 1 N–H and O–H groups in total. The van der Waals surface area contributed by atoms with E-state index in [1.807, 2.05) is 12.1 Å². The smallest absolute Gasteiger partial charge is 0.269 e. The van der Waals surface area contributed by atoms with Gasteiger partial charge in [0.05, 0.1) is 9.80 Å². The van der Waals surface area contributed by atoms with Gasteiger partial charge >= 0.3 is 0 Å². The highest BCUT2D eigenvalue weighted by Gasteiger charge is 2.05. The van der Waals surface area contributed by atoms with E-state index in [0.29, 0.717) is 0 Å². The predicted octanol–water partition coefficient (Wildman–Crippen LogP) is 3.29. The number of nitro groups is 1. The van der Waals surface area contributed by atoms with Crippen LogP contribution in [0.15, 0.2) is 41.3 Å². The van der Waals surface area contributed by atoms with Crippen LogP contribution in [0.3, 0.4) is 0 Å². The van der Waals surface area contributed by atoms with Gasteiger partial charge < -0.3 is 5.11 Å². The molecule has 0 aliphatic heterocycles. The van der Waals surface area contributed by atoms with Crippen molar-refractivity contribution in [1.29, 1.82) is 0 Å². The van der Waals surface area contributed by atoms with Crippen molar-refractivity contribution in [1.82, 2.24) is 0 Å². The molecule has 0 unspecified atom stereocenters. The fraction of sp³-hybridized carbons (Fsp3) is 0.143. The Bertz CT molecular complexity index is 653. The lowest BCUT2D eigenvalue weighted by molar-refractivity contribution is -0.384. The van der Waals surface area contributed by atoms with Gasteiger partial charge in [-0.15, -0.1) is 23.1 Å². The molecular weight excluding hydrogens is 294 g/mol. The highest BCUT2D eigenvalue weighted by atomic mass is 32.2. The number of hydrogen-bond acceptors (Lipinski definition) is 5. The van der Waals surface area contributed by atoms with Gasteiger partial charge in [0.1, 0.15) is 6.61 Å². The van der Waals surface area contributed by atoms with Gasteiger partial charge in [0.15, 0.2) is 0 Å². The largest absolute Gasteiger partial charge is 0.384 e. The summed E-state index contributed by atoms with van der Waals surface area (Å²) in [7, 11) is 0. The Morgan fingerprint density at radius 3 is 2.65 bits per heavy atom. The van der Waals surface area contributed by atoms with Gasteiger partial charge in [0.25, 0.3) is 5.69 Å². The molecule has 0 saturated heterocycles. The van der Waals surface area contributed by atoms with E-state index in [1.165, 1.54) is 17.0 Å². The number of nitrogens with zero attached hydrogens (tertiary/aromatic N) is 1. The van der Waals surface area contributed by atoms with Crippen LogP contribution in [0.5, 0.6) is 0 Å². The Kier molecular flexibility index (Phi) is 5.18. The van der Waals surface area contributed by atoms with E-state index in [9.17, 15) is 10.1 Å². The predicted molar refractivity (Wildman–Crippen MR) is 80.9 cm³/mol. The minimum atomic E-state index is -0.403. The maximum Gasteiger partial charge on any atom is 0.269 e. The van der Waals surface area contributed by atoms with E-state index in [-0.39, 0.29) is 12.3 Å². The molecule has 102 valence electrons. The summed E-state index contributed by atoms with van der Waals surface area (Å²) in [6, 6.07) is 10.5. The second-order valence-corrected chi connectivity index (χ2v) is 5.98. The van der Waals surface area contributed by atoms with Gasteiger partial charge in [0, 0.05) is 27.7 Å². The van der Waals surface area contributed by atoms with Gasteiger partial charge in [-0.2, -0.15) is 0 Å². The van der Waals surface area contributed by atoms with E-state index in [4.69, 9.17) is 5.11 Å². The third-order valence-electron chi connectivity index (χ3n) is 2.38. The molecule has 0 fully saturated rings. The van der Waals surface area contributed by atoms with E-state index in [2.05, 4.69) is 11.8 Å².